The van der Waals surface area contributed by atoms with Crippen molar-refractivity contribution in [2.45, 2.75) is 341 Å². The summed E-state index contributed by atoms with van der Waals surface area (Å²) in [6.45, 7) is 4.33. The standard InChI is InChI=1S/C57H113NO3/c1-3-5-7-9-11-13-15-17-18-19-20-21-22-23-24-25-26-27-28-29-30-31-32-33-34-35-36-37-38-39-40-41-43-45-47-49-51-53-57(61)58-55(54-59)56(60)52-50-48-46-44-42-16-14-12-10-8-6-4-2/h50,52,55-56,59-60H,3-49,51,53-54H2,1-2H3,(H,58,61)/b52-50+. The summed E-state index contributed by atoms with van der Waals surface area (Å²) in [5.74, 6) is -0.0579. The van der Waals surface area contributed by atoms with Crippen LogP contribution < -0.4 is 5.32 Å². The van der Waals surface area contributed by atoms with Gasteiger partial charge < -0.3 is 15.5 Å². The molecule has 0 fully saturated rings. The van der Waals surface area contributed by atoms with Crippen LogP contribution in [0.1, 0.15) is 328 Å². The summed E-state index contributed by atoms with van der Waals surface area (Å²) in [6.07, 6.45) is 69.7. The minimum absolute atomic E-state index is 0.0579. The van der Waals surface area contributed by atoms with Crippen molar-refractivity contribution in [3.63, 3.8) is 0 Å². The normalized spacial score (nSPS) is 12.8. The maximum atomic E-state index is 12.4. The lowest BCUT2D eigenvalue weighted by Gasteiger charge is -2.20. The highest BCUT2D eigenvalue weighted by atomic mass is 16.3. The van der Waals surface area contributed by atoms with Gasteiger partial charge in [0.2, 0.25) is 5.91 Å². The molecule has 4 nitrogen and oxygen atoms in total. The molecule has 2 unspecified atom stereocenters. The number of nitrogens with one attached hydrogen (secondary N) is 1. The molecule has 0 saturated heterocycles. The first kappa shape index (κ1) is 60.1. The van der Waals surface area contributed by atoms with E-state index < -0.39 is 12.1 Å². The second kappa shape index (κ2) is 53.5. The molecule has 4 heteroatoms. The molecule has 61 heavy (non-hydrogen) atoms. The van der Waals surface area contributed by atoms with Gasteiger partial charge in [0, 0.05) is 6.42 Å². The van der Waals surface area contributed by atoms with E-state index in [1.807, 2.05) is 6.08 Å². The number of carbonyl (C=O) groups is 1. The fourth-order valence-corrected chi connectivity index (χ4v) is 9.18. The van der Waals surface area contributed by atoms with Crippen LogP contribution in [0.15, 0.2) is 12.2 Å². The summed E-state index contributed by atoms with van der Waals surface area (Å²) in [5, 5.41) is 23.0. The molecule has 1 amide bonds. The van der Waals surface area contributed by atoms with Crippen molar-refractivity contribution in [3.05, 3.63) is 12.2 Å². The van der Waals surface area contributed by atoms with Gasteiger partial charge in [-0.05, 0) is 19.3 Å². The molecule has 0 aromatic carbocycles. The Morgan fingerprint density at radius 2 is 0.607 bits per heavy atom. The molecule has 364 valence electrons. The Kier molecular flexibility index (Phi) is 52.7. The number of rotatable bonds is 53. The summed E-state index contributed by atoms with van der Waals surface area (Å²) >= 11 is 0. The first-order chi connectivity index (χ1) is 30.2. The molecule has 2 atom stereocenters. The monoisotopic (exact) mass is 860 g/mol. The number of amides is 1. The SMILES string of the molecule is CCCCCCCCCCCC/C=C/C(O)C(CO)NC(=O)CCCCCCCCCCCCCCCCCCCCCCCCCCCCCCCCCCCCCCC. The van der Waals surface area contributed by atoms with Crippen LogP contribution in [0, 0.1) is 0 Å². The van der Waals surface area contributed by atoms with Gasteiger partial charge in [-0.25, -0.2) is 0 Å². The van der Waals surface area contributed by atoms with Crippen molar-refractivity contribution in [1.82, 2.24) is 5.32 Å². The van der Waals surface area contributed by atoms with E-state index in [0.717, 1.165) is 25.7 Å². The summed E-state index contributed by atoms with van der Waals surface area (Å²) in [7, 11) is 0. The highest BCUT2D eigenvalue weighted by Crippen LogP contribution is 2.18. The number of hydrogen-bond acceptors (Lipinski definition) is 3. The molecule has 0 heterocycles. The van der Waals surface area contributed by atoms with Crippen molar-refractivity contribution >= 4 is 5.91 Å². The van der Waals surface area contributed by atoms with Crippen molar-refractivity contribution < 1.29 is 15.0 Å². The topological polar surface area (TPSA) is 69.6 Å². The summed E-state index contributed by atoms with van der Waals surface area (Å²) in [6, 6.07) is -0.616. The first-order valence-electron chi connectivity index (χ1n) is 28.4. The van der Waals surface area contributed by atoms with Gasteiger partial charge in [0.25, 0.3) is 0 Å². The van der Waals surface area contributed by atoms with Gasteiger partial charge in [0.05, 0.1) is 18.8 Å². The van der Waals surface area contributed by atoms with Crippen LogP contribution in [-0.4, -0.2) is 34.9 Å². The number of hydrogen-bond donors (Lipinski definition) is 3. The van der Waals surface area contributed by atoms with Crippen LogP contribution in [0.4, 0.5) is 0 Å². The minimum Gasteiger partial charge on any atom is -0.394 e. The molecule has 0 aliphatic rings. The maximum absolute atomic E-state index is 12.4. The van der Waals surface area contributed by atoms with E-state index >= 15 is 0 Å². The predicted octanol–water partition coefficient (Wildman–Crippen LogP) is 18.5. The highest BCUT2D eigenvalue weighted by Gasteiger charge is 2.18. The zero-order chi connectivity index (χ0) is 44.2. The van der Waals surface area contributed by atoms with Gasteiger partial charge >= 0.3 is 0 Å². The molecule has 3 N–H and O–H groups in total. The molecule has 0 aliphatic carbocycles. The molecule has 0 rings (SSSR count). The molecule has 0 radical (unpaired) electrons. The smallest absolute Gasteiger partial charge is 0.220 e. The van der Waals surface area contributed by atoms with Gasteiger partial charge in [0.15, 0.2) is 0 Å². The van der Waals surface area contributed by atoms with E-state index in [9.17, 15) is 15.0 Å². The average Bonchev–Trinajstić information content (AvgIpc) is 3.26. The van der Waals surface area contributed by atoms with Gasteiger partial charge in [-0.15, -0.1) is 0 Å². The largest absolute Gasteiger partial charge is 0.394 e. The van der Waals surface area contributed by atoms with Crippen molar-refractivity contribution in [3.8, 4) is 0 Å². The number of carbonyl (C=O) groups excluding carboxylic acids is 1. The van der Waals surface area contributed by atoms with Crippen LogP contribution in [-0.2, 0) is 4.79 Å². The minimum atomic E-state index is -0.833. The number of unbranched alkanes of at least 4 members (excludes halogenated alkanes) is 46. The second-order valence-corrected chi connectivity index (χ2v) is 19.7. The fraction of sp³-hybridized carbons (Fsp3) is 0.947. The summed E-state index contributed by atoms with van der Waals surface area (Å²) in [5.41, 5.74) is 0. The van der Waals surface area contributed by atoms with E-state index in [-0.39, 0.29) is 12.5 Å². The van der Waals surface area contributed by atoms with Crippen molar-refractivity contribution in [2.75, 3.05) is 6.61 Å². The predicted molar refractivity (Wildman–Crippen MR) is 272 cm³/mol. The third-order valence-corrected chi connectivity index (χ3v) is 13.5. The average molecular weight is 861 g/mol. The maximum Gasteiger partial charge on any atom is 0.220 e. The molecule has 0 aliphatic heterocycles. The van der Waals surface area contributed by atoms with Crippen LogP contribution in [0.3, 0.4) is 0 Å². The Bertz CT molecular complexity index is 844. The first-order valence-corrected chi connectivity index (χ1v) is 28.4. The Labute approximate surface area is 384 Å². The molecule has 0 spiro atoms. The molecular weight excluding hydrogens is 747 g/mol. The third-order valence-electron chi connectivity index (χ3n) is 13.5. The zero-order valence-corrected chi connectivity index (χ0v) is 42.0. The summed E-state index contributed by atoms with van der Waals surface area (Å²) < 4.78 is 0. The van der Waals surface area contributed by atoms with Gasteiger partial charge in [0.1, 0.15) is 0 Å². The zero-order valence-electron chi connectivity index (χ0n) is 42.0. The number of allylic oxidation sites excluding steroid dienone is 1. The van der Waals surface area contributed by atoms with Gasteiger partial charge in [-0.3, -0.25) is 4.79 Å². The molecular formula is C57H113NO3. The Morgan fingerprint density at radius 1 is 0.377 bits per heavy atom. The number of aliphatic hydroxyl groups excluding tert-OH is 2. The Morgan fingerprint density at radius 3 is 0.852 bits per heavy atom. The highest BCUT2D eigenvalue weighted by molar-refractivity contribution is 5.76. The Balaban J connectivity index is 3.33. The van der Waals surface area contributed by atoms with Crippen molar-refractivity contribution in [1.29, 1.82) is 0 Å². The lowest BCUT2D eigenvalue weighted by atomic mass is 10.0. The van der Waals surface area contributed by atoms with Gasteiger partial charge in [-0.2, -0.15) is 0 Å². The van der Waals surface area contributed by atoms with Gasteiger partial charge in [-0.1, -0.05) is 315 Å². The van der Waals surface area contributed by atoms with Crippen molar-refractivity contribution in [2.24, 2.45) is 0 Å². The van der Waals surface area contributed by atoms with Crippen LogP contribution >= 0.6 is 0 Å². The number of aliphatic hydroxyl groups is 2. The molecule has 0 bridgehead atoms. The molecule has 0 saturated carbocycles. The van der Waals surface area contributed by atoms with Crippen LogP contribution in [0.25, 0.3) is 0 Å². The quantitative estimate of drug-likeness (QED) is 0.0421. The second-order valence-electron chi connectivity index (χ2n) is 19.7. The third kappa shape index (κ3) is 50.0. The van der Waals surface area contributed by atoms with E-state index in [1.54, 1.807) is 6.08 Å². The Hall–Kier alpha value is -0.870. The molecule has 0 aromatic rings. The van der Waals surface area contributed by atoms with E-state index in [0.29, 0.717) is 6.42 Å². The van der Waals surface area contributed by atoms with E-state index in [2.05, 4.69) is 19.2 Å². The lowest BCUT2D eigenvalue weighted by molar-refractivity contribution is -0.123. The van der Waals surface area contributed by atoms with E-state index in [4.69, 9.17) is 0 Å². The van der Waals surface area contributed by atoms with E-state index in [1.165, 1.54) is 283 Å². The summed E-state index contributed by atoms with van der Waals surface area (Å²) in [4.78, 5) is 12.4. The lowest BCUT2D eigenvalue weighted by Crippen LogP contribution is -2.45. The fourth-order valence-electron chi connectivity index (χ4n) is 9.18. The van der Waals surface area contributed by atoms with Crippen LogP contribution in [0.2, 0.25) is 0 Å². The van der Waals surface area contributed by atoms with Crippen LogP contribution in [0.5, 0.6) is 0 Å². The molecule has 0 aromatic heterocycles.